The fourth-order valence-electron chi connectivity index (χ4n) is 2.07. The number of nitrogens with two attached hydrogens (primary N) is 1. The third kappa shape index (κ3) is 3.51. The fraction of sp³-hybridized carbons (Fsp3) is 0.500. The van der Waals surface area contributed by atoms with Crippen LogP contribution in [0.4, 0.5) is 4.39 Å². The van der Waals surface area contributed by atoms with Gasteiger partial charge in [0.25, 0.3) is 0 Å². The normalized spacial score (nSPS) is 13.4. The van der Waals surface area contributed by atoms with Crippen molar-refractivity contribution in [3.8, 4) is 5.88 Å². The first kappa shape index (κ1) is 16.6. The van der Waals surface area contributed by atoms with E-state index in [0.29, 0.717) is 17.6 Å². The molecule has 0 aliphatic rings. The van der Waals surface area contributed by atoms with Gasteiger partial charge in [-0.3, -0.25) is 0 Å². The maximum absolute atomic E-state index is 14.5. The van der Waals surface area contributed by atoms with Gasteiger partial charge in [-0.25, -0.2) is 9.37 Å². The Labute approximate surface area is 129 Å². The van der Waals surface area contributed by atoms with E-state index < -0.39 is 12.0 Å². The summed E-state index contributed by atoms with van der Waals surface area (Å²) in [6.07, 6.45) is -0.566. The number of aromatic nitrogens is 2. The lowest BCUT2D eigenvalue weighted by Gasteiger charge is -2.20. The maximum atomic E-state index is 14.5. The molecule has 0 saturated heterocycles. The van der Waals surface area contributed by atoms with Crippen molar-refractivity contribution < 1.29 is 14.2 Å². The van der Waals surface area contributed by atoms with Crippen molar-refractivity contribution >= 4 is 10.9 Å². The van der Waals surface area contributed by atoms with Crippen LogP contribution in [0, 0.1) is 5.82 Å². The van der Waals surface area contributed by atoms with E-state index in [9.17, 15) is 9.50 Å². The van der Waals surface area contributed by atoms with Gasteiger partial charge in [0.15, 0.2) is 0 Å². The Morgan fingerprint density at radius 3 is 2.55 bits per heavy atom. The standard InChI is InChI=1S/C16H22FN3O2/c1-5-13-19-14-10(15(20-13)22-8-12(18)21)6-9(7-11(14)17)16(2,3)4/h6-7,12,21H,5,8,18H2,1-4H3. The van der Waals surface area contributed by atoms with E-state index in [1.54, 1.807) is 0 Å². The Hall–Kier alpha value is -1.79. The Balaban J connectivity index is 2.65. The average Bonchev–Trinajstić information content (AvgIpc) is 2.43. The number of rotatable bonds is 4. The third-order valence-corrected chi connectivity index (χ3v) is 3.34. The molecule has 2 aromatic rings. The largest absolute Gasteiger partial charge is 0.473 e. The Kier molecular flexibility index (Phi) is 4.63. The monoisotopic (exact) mass is 307 g/mol. The van der Waals surface area contributed by atoms with Crippen molar-refractivity contribution in [1.82, 2.24) is 9.97 Å². The van der Waals surface area contributed by atoms with E-state index in [1.165, 1.54) is 6.07 Å². The summed E-state index contributed by atoms with van der Waals surface area (Å²) >= 11 is 0. The number of hydrogen-bond acceptors (Lipinski definition) is 5. The van der Waals surface area contributed by atoms with E-state index in [0.717, 1.165) is 5.56 Å². The van der Waals surface area contributed by atoms with Gasteiger partial charge in [-0.1, -0.05) is 27.7 Å². The molecular weight excluding hydrogens is 285 g/mol. The molecule has 22 heavy (non-hydrogen) atoms. The lowest BCUT2D eigenvalue weighted by atomic mass is 9.86. The van der Waals surface area contributed by atoms with Crippen LogP contribution in [0.1, 0.15) is 39.1 Å². The molecule has 0 spiro atoms. The number of benzene rings is 1. The van der Waals surface area contributed by atoms with E-state index in [1.807, 2.05) is 33.8 Å². The molecule has 1 aromatic heterocycles. The van der Waals surface area contributed by atoms with E-state index >= 15 is 0 Å². The van der Waals surface area contributed by atoms with Crippen LogP contribution in [0.25, 0.3) is 10.9 Å². The first-order valence-corrected chi connectivity index (χ1v) is 7.29. The minimum atomic E-state index is -1.12. The Morgan fingerprint density at radius 1 is 1.32 bits per heavy atom. The molecule has 3 N–H and O–H groups in total. The molecule has 0 bridgehead atoms. The van der Waals surface area contributed by atoms with Gasteiger partial charge in [0.1, 0.15) is 30.0 Å². The number of halogens is 1. The summed E-state index contributed by atoms with van der Waals surface area (Å²) < 4.78 is 19.9. The summed E-state index contributed by atoms with van der Waals surface area (Å²) in [5.74, 6) is 0.324. The average molecular weight is 307 g/mol. The zero-order valence-electron chi connectivity index (χ0n) is 13.4. The molecule has 1 unspecified atom stereocenters. The van der Waals surface area contributed by atoms with Crippen LogP contribution in [0.5, 0.6) is 5.88 Å². The molecule has 1 heterocycles. The molecule has 6 heteroatoms. The molecule has 0 aliphatic heterocycles. The second-order valence-corrected chi connectivity index (χ2v) is 6.28. The molecule has 1 atom stereocenters. The van der Waals surface area contributed by atoms with Crippen LogP contribution in [0.15, 0.2) is 12.1 Å². The van der Waals surface area contributed by atoms with E-state index in [4.69, 9.17) is 10.5 Å². The van der Waals surface area contributed by atoms with Crippen LogP contribution in [0.3, 0.4) is 0 Å². The predicted octanol–water partition coefficient (Wildman–Crippen LogP) is 2.28. The molecule has 0 amide bonds. The van der Waals surface area contributed by atoms with Gasteiger partial charge < -0.3 is 15.6 Å². The summed E-state index contributed by atoms with van der Waals surface area (Å²) in [4.78, 5) is 8.53. The van der Waals surface area contributed by atoms with Crippen LogP contribution >= 0.6 is 0 Å². The number of ether oxygens (including phenoxy) is 1. The molecule has 0 fully saturated rings. The van der Waals surface area contributed by atoms with Crippen molar-refractivity contribution in [3.05, 3.63) is 29.3 Å². The number of aliphatic hydroxyl groups is 1. The highest BCUT2D eigenvalue weighted by atomic mass is 19.1. The lowest BCUT2D eigenvalue weighted by Crippen LogP contribution is -2.27. The second kappa shape index (κ2) is 6.14. The highest BCUT2D eigenvalue weighted by Gasteiger charge is 2.20. The maximum Gasteiger partial charge on any atom is 0.224 e. The van der Waals surface area contributed by atoms with Crippen molar-refractivity contribution in [2.45, 2.75) is 45.8 Å². The van der Waals surface area contributed by atoms with Gasteiger partial charge in [-0.15, -0.1) is 0 Å². The van der Waals surface area contributed by atoms with Crippen LogP contribution in [-0.4, -0.2) is 27.9 Å². The molecule has 2 rings (SSSR count). The second-order valence-electron chi connectivity index (χ2n) is 6.28. The van der Waals surface area contributed by atoms with Gasteiger partial charge in [0.2, 0.25) is 5.88 Å². The van der Waals surface area contributed by atoms with E-state index in [2.05, 4.69) is 9.97 Å². The summed E-state index contributed by atoms with van der Waals surface area (Å²) in [6, 6.07) is 3.33. The molecule has 0 aliphatic carbocycles. The first-order valence-electron chi connectivity index (χ1n) is 7.29. The summed E-state index contributed by atoms with van der Waals surface area (Å²) in [5, 5.41) is 9.67. The molecule has 120 valence electrons. The highest BCUT2D eigenvalue weighted by molar-refractivity contribution is 5.85. The molecule has 1 aromatic carbocycles. The van der Waals surface area contributed by atoms with Crippen molar-refractivity contribution in [1.29, 1.82) is 0 Å². The van der Waals surface area contributed by atoms with Crippen molar-refractivity contribution in [2.75, 3.05) is 6.61 Å². The van der Waals surface area contributed by atoms with Gasteiger partial charge in [-0.05, 0) is 23.1 Å². The van der Waals surface area contributed by atoms with Crippen molar-refractivity contribution in [3.63, 3.8) is 0 Å². The van der Waals surface area contributed by atoms with Crippen LogP contribution in [-0.2, 0) is 11.8 Å². The Bertz CT molecular complexity index is 681. The number of aryl methyl sites for hydroxylation is 1. The zero-order chi connectivity index (χ0) is 16.5. The molecular formula is C16H22FN3O2. The molecule has 0 radical (unpaired) electrons. The summed E-state index contributed by atoms with van der Waals surface area (Å²) in [6.45, 7) is 7.76. The predicted molar refractivity (Wildman–Crippen MR) is 83.3 cm³/mol. The third-order valence-electron chi connectivity index (χ3n) is 3.34. The fourth-order valence-corrected chi connectivity index (χ4v) is 2.07. The molecule has 5 nitrogen and oxygen atoms in total. The number of nitrogens with zero attached hydrogens (tertiary/aromatic N) is 2. The number of fused-ring (bicyclic) bond motifs is 1. The first-order chi connectivity index (χ1) is 10.2. The highest BCUT2D eigenvalue weighted by Crippen LogP contribution is 2.31. The number of hydrogen-bond donors (Lipinski definition) is 2. The van der Waals surface area contributed by atoms with Gasteiger partial charge in [0.05, 0.1) is 5.39 Å². The lowest BCUT2D eigenvalue weighted by molar-refractivity contribution is 0.111. The summed E-state index contributed by atoms with van der Waals surface area (Å²) in [7, 11) is 0. The van der Waals surface area contributed by atoms with Gasteiger partial charge in [-0.2, -0.15) is 4.98 Å². The minimum Gasteiger partial charge on any atom is -0.473 e. The quantitative estimate of drug-likeness (QED) is 0.847. The van der Waals surface area contributed by atoms with Gasteiger partial charge in [0, 0.05) is 6.42 Å². The van der Waals surface area contributed by atoms with Crippen molar-refractivity contribution in [2.24, 2.45) is 5.73 Å². The smallest absolute Gasteiger partial charge is 0.224 e. The van der Waals surface area contributed by atoms with Gasteiger partial charge >= 0.3 is 0 Å². The van der Waals surface area contributed by atoms with E-state index in [-0.39, 0.29) is 23.4 Å². The van der Waals surface area contributed by atoms with Crippen LogP contribution < -0.4 is 10.5 Å². The summed E-state index contributed by atoms with van der Waals surface area (Å²) in [5.41, 5.74) is 6.12. The SMILES string of the molecule is CCc1nc(OCC(N)O)c2cc(C(C)(C)C)cc(F)c2n1. The Morgan fingerprint density at radius 2 is 2.00 bits per heavy atom. The number of aliphatic hydroxyl groups excluding tert-OH is 1. The topological polar surface area (TPSA) is 81.3 Å². The van der Waals surface area contributed by atoms with Crippen LogP contribution in [0.2, 0.25) is 0 Å². The zero-order valence-corrected chi connectivity index (χ0v) is 13.4. The minimum absolute atomic E-state index is 0.114. The molecule has 0 saturated carbocycles.